The van der Waals surface area contributed by atoms with Crippen LogP contribution in [0.5, 0.6) is 0 Å². The number of amides is 1. The number of carbonyl (C=O) groups excluding carboxylic acids is 1. The third-order valence-corrected chi connectivity index (χ3v) is 2.44. The Morgan fingerprint density at radius 2 is 2.24 bits per heavy atom. The number of terminal acetylenes is 1. The van der Waals surface area contributed by atoms with Crippen LogP contribution in [0.15, 0.2) is 12.1 Å². The zero-order chi connectivity index (χ0) is 13.0. The van der Waals surface area contributed by atoms with Crippen LogP contribution in [0.2, 0.25) is 0 Å². The lowest BCUT2D eigenvalue weighted by molar-refractivity contribution is 0.100. The third kappa shape index (κ3) is 2.61. The Bertz CT molecular complexity index is 476. The highest BCUT2D eigenvalue weighted by Crippen LogP contribution is 2.29. The molecule has 0 spiro atoms. The van der Waals surface area contributed by atoms with Gasteiger partial charge in [0.15, 0.2) is 0 Å². The number of carbonyl (C=O) groups is 1. The highest BCUT2D eigenvalue weighted by Gasteiger charge is 2.14. The lowest BCUT2D eigenvalue weighted by Gasteiger charge is -2.21. The molecule has 0 aromatic heterocycles. The second-order valence-corrected chi connectivity index (χ2v) is 3.63. The summed E-state index contributed by atoms with van der Waals surface area (Å²) in [6, 6.07) is 3.31. The summed E-state index contributed by atoms with van der Waals surface area (Å²) >= 11 is 0. The number of anilines is 3. The van der Waals surface area contributed by atoms with Gasteiger partial charge in [-0.05, 0) is 12.1 Å². The fourth-order valence-corrected chi connectivity index (χ4v) is 1.56. The Morgan fingerprint density at radius 1 is 1.59 bits per heavy atom. The van der Waals surface area contributed by atoms with Gasteiger partial charge in [0.1, 0.15) is 0 Å². The molecule has 5 heteroatoms. The summed E-state index contributed by atoms with van der Waals surface area (Å²) in [5, 5.41) is 2.94. The molecule has 1 rings (SSSR count). The van der Waals surface area contributed by atoms with Crippen molar-refractivity contribution in [2.75, 3.05) is 36.6 Å². The second-order valence-electron chi connectivity index (χ2n) is 3.63. The molecule has 0 atom stereocenters. The van der Waals surface area contributed by atoms with Crippen molar-refractivity contribution >= 4 is 23.0 Å². The Kier molecular flexibility index (Phi) is 3.83. The van der Waals surface area contributed by atoms with Crippen molar-refractivity contribution in [3.8, 4) is 12.3 Å². The highest BCUT2D eigenvalue weighted by molar-refractivity contribution is 6.01. The van der Waals surface area contributed by atoms with E-state index >= 15 is 0 Å². The van der Waals surface area contributed by atoms with Gasteiger partial charge >= 0.3 is 0 Å². The quantitative estimate of drug-likeness (QED) is 0.520. The molecule has 1 amide bonds. The number of rotatable bonds is 4. The summed E-state index contributed by atoms with van der Waals surface area (Å²) in [4.78, 5) is 13.1. The molecular formula is C12H16N4O. The van der Waals surface area contributed by atoms with Gasteiger partial charge < -0.3 is 21.7 Å². The van der Waals surface area contributed by atoms with Crippen LogP contribution in [0.25, 0.3) is 0 Å². The van der Waals surface area contributed by atoms with Gasteiger partial charge in [-0.2, -0.15) is 0 Å². The average Bonchev–Trinajstić information content (AvgIpc) is 2.28. The molecule has 0 radical (unpaired) electrons. The summed E-state index contributed by atoms with van der Waals surface area (Å²) < 4.78 is 0. The standard InChI is InChI=1S/C12H16N4O/c1-4-5-16(3)11-7-10(15-2)9(13)6-8(11)12(14)17/h1,6-7,15H,5,13H2,2-3H3,(H2,14,17). The Hall–Kier alpha value is -2.35. The molecule has 0 aliphatic rings. The van der Waals surface area contributed by atoms with Gasteiger partial charge in [-0.3, -0.25) is 4.79 Å². The predicted molar refractivity (Wildman–Crippen MR) is 71.0 cm³/mol. The van der Waals surface area contributed by atoms with Crippen molar-refractivity contribution in [2.24, 2.45) is 5.73 Å². The van der Waals surface area contributed by atoms with Gasteiger partial charge in [-0.15, -0.1) is 6.42 Å². The fraction of sp³-hybridized carbons (Fsp3) is 0.250. The van der Waals surface area contributed by atoms with E-state index < -0.39 is 5.91 Å². The first-order valence-electron chi connectivity index (χ1n) is 5.07. The Labute approximate surface area is 101 Å². The van der Waals surface area contributed by atoms with Crippen LogP contribution in [0, 0.1) is 12.3 Å². The van der Waals surface area contributed by atoms with Gasteiger partial charge in [0.2, 0.25) is 0 Å². The lowest BCUT2D eigenvalue weighted by Crippen LogP contribution is -2.23. The van der Waals surface area contributed by atoms with Crippen molar-refractivity contribution in [3.05, 3.63) is 17.7 Å². The van der Waals surface area contributed by atoms with Crippen molar-refractivity contribution < 1.29 is 4.79 Å². The molecule has 17 heavy (non-hydrogen) atoms. The molecule has 0 aliphatic heterocycles. The van der Waals surface area contributed by atoms with E-state index in [-0.39, 0.29) is 0 Å². The first kappa shape index (κ1) is 12.7. The molecule has 1 aromatic rings. The number of hydrogen-bond acceptors (Lipinski definition) is 4. The fourth-order valence-electron chi connectivity index (χ4n) is 1.56. The molecule has 5 nitrogen and oxygen atoms in total. The van der Waals surface area contributed by atoms with E-state index in [1.807, 2.05) is 0 Å². The number of benzene rings is 1. The zero-order valence-corrected chi connectivity index (χ0v) is 9.95. The summed E-state index contributed by atoms with van der Waals surface area (Å²) in [7, 11) is 3.54. The molecule has 0 heterocycles. The number of nitrogen functional groups attached to an aromatic ring is 1. The van der Waals surface area contributed by atoms with Crippen molar-refractivity contribution in [1.82, 2.24) is 0 Å². The monoisotopic (exact) mass is 232 g/mol. The third-order valence-electron chi connectivity index (χ3n) is 2.44. The molecule has 0 unspecified atom stereocenters. The van der Waals surface area contributed by atoms with Gasteiger partial charge in [0.25, 0.3) is 5.91 Å². The van der Waals surface area contributed by atoms with Crippen LogP contribution in [-0.2, 0) is 0 Å². The smallest absolute Gasteiger partial charge is 0.250 e. The van der Waals surface area contributed by atoms with E-state index in [2.05, 4.69) is 11.2 Å². The SMILES string of the molecule is C#CCN(C)c1cc(NC)c(N)cc1C(N)=O. The summed E-state index contributed by atoms with van der Waals surface area (Å²) in [6.45, 7) is 0.382. The van der Waals surface area contributed by atoms with Crippen LogP contribution in [0.1, 0.15) is 10.4 Å². The first-order valence-corrected chi connectivity index (χ1v) is 5.07. The zero-order valence-electron chi connectivity index (χ0n) is 9.95. The Morgan fingerprint density at radius 3 is 2.71 bits per heavy atom. The maximum Gasteiger partial charge on any atom is 0.250 e. The van der Waals surface area contributed by atoms with E-state index in [1.165, 1.54) is 0 Å². The molecule has 1 aromatic carbocycles. The molecular weight excluding hydrogens is 216 g/mol. The Balaban J connectivity index is 3.34. The van der Waals surface area contributed by atoms with Gasteiger partial charge in [0.05, 0.1) is 29.2 Å². The summed E-state index contributed by atoms with van der Waals surface area (Å²) in [6.07, 6.45) is 5.25. The highest BCUT2D eigenvalue weighted by atomic mass is 16.1. The maximum absolute atomic E-state index is 11.4. The lowest BCUT2D eigenvalue weighted by atomic mass is 10.1. The number of nitrogens with one attached hydrogen (secondary N) is 1. The number of hydrogen-bond donors (Lipinski definition) is 3. The van der Waals surface area contributed by atoms with E-state index in [4.69, 9.17) is 17.9 Å². The van der Waals surface area contributed by atoms with Crippen LogP contribution in [-0.4, -0.2) is 26.5 Å². The van der Waals surface area contributed by atoms with E-state index in [0.717, 1.165) is 5.69 Å². The maximum atomic E-state index is 11.4. The minimum absolute atomic E-state index is 0.360. The minimum Gasteiger partial charge on any atom is -0.397 e. The van der Waals surface area contributed by atoms with E-state index in [9.17, 15) is 4.79 Å². The van der Waals surface area contributed by atoms with Crippen molar-refractivity contribution in [2.45, 2.75) is 0 Å². The number of nitrogens with two attached hydrogens (primary N) is 2. The molecule has 0 aliphatic carbocycles. The van der Waals surface area contributed by atoms with Crippen LogP contribution >= 0.6 is 0 Å². The second kappa shape index (κ2) is 5.12. The largest absolute Gasteiger partial charge is 0.397 e. The van der Waals surface area contributed by atoms with Crippen molar-refractivity contribution in [3.63, 3.8) is 0 Å². The van der Waals surface area contributed by atoms with Crippen LogP contribution in [0.3, 0.4) is 0 Å². The number of nitrogens with zero attached hydrogens (tertiary/aromatic N) is 1. The van der Waals surface area contributed by atoms with E-state index in [0.29, 0.717) is 23.5 Å². The predicted octanol–water partition coefficient (Wildman–Crippen LogP) is 0.479. The average molecular weight is 232 g/mol. The normalized spacial score (nSPS) is 9.47. The number of primary amides is 1. The van der Waals surface area contributed by atoms with Gasteiger partial charge in [0, 0.05) is 14.1 Å². The molecule has 0 fully saturated rings. The van der Waals surface area contributed by atoms with Gasteiger partial charge in [-0.1, -0.05) is 5.92 Å². The summed E-state index contributed by atoms with van der Waals surface area (Å²) in [5.74, 6) is 1.98. The molecule has 0 bridgehead atoms. The van der Waals surface area contributed by atoms with E-state index in [1.54, 1.807) is 31.1 Å². The van der Waals surface area contributed by atoms with Crippen LogP contribution < -0.4 is 21.7 Å². The minimum atomic E-state index is -0.529. The molecule has 5 N–H and O–H groups in total. The molecule has 90 valence electrons. The molecule has 0 saturated carbocycles. The van der Waals surface area contributed by atoms with Gasteiger partial charge in [-0.25, -0.2) is 0 Å². The topological polar surface area (TPSA) is 84.4 Å². The summed E-state index contributed by atoms with van der Waals surface area (Å²) in [5.41, 5.74) is 13.3. The first-order chi connectivity index (χ1) is 8.01. The molecule has 0 saturated heterocycles. The van der Waals surface area contributed by atoms with Crippen LogP contribution in [0.4, 0.5) is 17.1 Å². The van der Waals surface area contributed by atoms with Crippen molar-refractivity contribution in [1.29, 1.82) is 0 Å².